The summed E-state index contributed by atoms with van der Waals surface area (Å²) in [5, 5.41) is 34.8. The standard InChI is InChI=1S/C28H27N3O7/c32-20-6-3-15-11-21-28(35)8-7-19(30-25(33)17-5-4-16(31(36)37)12-18(17)26(30)34)24-27(28,22(15)23(20)38-24)9-10-29(21)13-14-1-2-14/h3-6,12,14,19,21,24,32,35H,1-2,7-11,13H2/t19?,21-,24?,27+,28-/m1/s1. The second kappa shape index (κ2) is 7.12. The van der Waals surface area contributed by atoms with Crippen LogP contribution in [0.15, 0.2) is 30.3 Å². The molecule has 3 aliphatic carbocycles. The first-order valence-electron chi connectivity index (χ1n) is 13.4. The van der Waals surface area contributed by atoms with Crippen molar-refractivity contribution in [3.8, 4) is 11.5 Å². The first-order valence-corrected chi connectivity index (χ1v) is 13.4. The third-order valence-corrected chi connectivity index (χ3v) is 10.2. The van der Waals surface area contributed by atoms with E-state index in [0.717, 1.165) is 30.3 Å². The molecule has 2 aromatic carbocycles. The van der Waals surface area contributed by atoms with Gasteiger partial charge in [-0.2, -0.15) is 0 Å². The minimum atomic E-state index is -1.13. The van der Waals surface area contributed by atoms with Crippen molar-refractivity contribution in [1.82, 2.24) is 9.80 Å². The molecule has 0 aromatic heterocycles. The second-order valence-electron chi connectivity index (χ2n) is 11.9. The Balaban J connectivity index is 1.25. The third kappa shape index (κ3) is 2.55. The van der Waals surface area contributed by atoms with Crippen LogP contribution in [0.3, 0.4) is 0 Å². The van der Waals surface area contributed by atoms with Gasteiger partial charge in [-0.05, 0) is 68.7 Å². The van der Waals surface area contributed by atoms with Crippen molar-refractivity contribution < 1.29 is 29.5 Å². The van der Waals surface area contributed by atoms with Gasteiger partial charge in [-0.1, -0.05) is 6.07 Å². The highest BCUT2D eigenvalue weighted by atomic mass is 16.6. The predicted molar refractivity (Wildman–Crippen MR) is 132 cm³/mol. The van der Waals surface area contributed by atoms with E-state index in [1.165, 1.54) is 29.9 Å². The van der Waals surface area contributed by atoms with Crippen molar-refractivity contribution in [3.63, 3.8) is 0 Å². The van der Waals surface area contributed by atoms with Gasteiger partial charge in [0.1, 0.15) is 6.10 Å². The molecule has 38 heavy (non-hydrogen) atoms. The summed E-state index contributed by atoms with van der Waals surface area (Å²) in [6.07, 6.45) is 3.67. The Bertz CT molecular complexity index is 1470. The fraction of sp³-hybridized carbons (Fsp3) is 0.500. The molecule has 1 spiro atoms. The van der Waals surface area contributed by atoms with Crippen LogP contribution in [-0.2, 0) is 11.8 Å². The molecule has 0 radical (unpaired) electrons. The number of carbonyl (C=O) groups is 2. The van der Waals surface area contributed by atoms with Crippen LogP contribution in [0.25, 0.3) is 0 Å². The lowest BCUT2D eigenvalue weighted by molar-refractivity contribution is -0.384. The molecule has 3 fully saturated rings. The Morgan fingerprint density at radius 3 is 2.63 bits per heavy atom. The molecule has 3 aliphatic heterocycles. The first-order chi connectivity index (χ1) is 18.2. The smallest absolute Gasteiger partial charge is 0.270 e. The summed E-state index contributed by atoms with van der Waals surface area (Å²) in [4.78, 5) is 41.5. The fourth-order valence-electron chi connectivity index (χ4n) is 8.38. The van der Waals surface area contributed by atoms with Crippen LogP contribution >= 0.6 is 0 Å². The fourth-order valence-corrected chi connectivity index (χ4v) is 8.38. The maximum absolute atomic E-state index is 13.6. The minimum Gasteiger partial charge on any atom is -0.504 e. The maximum atomic E-state index is 13.6. The van der Waals surface area contributed by atoms with Gasteiger partial charge in [0.05, 0.1) is 33.1 Å². The lowest BCUT2D eigenvalue weighted by Gasteiger charge is -2.64. The predicted octanol–water partition coefficient (Wildman–Crippen LogP) is 2.53. The Labute approximate surface area is 217 Å². The number of carbonyl (C=O) groups excluding carboxylic acids is 2. The van der Waals surface area contributed by atoms with Gasteiger partial charge in [0.2, 0.25) is 0 Å². The number of likely N-dealkylation sites (tertiary alicyclic amines) is 1. The molecule has 1 saturated heterocycles. The lowest BCUT2D eigenvalue weighted by Crippen LogP contribution is -2.78. The molecule has 10 heteroatoms. The van der Waals surface area contributed by atoms with Crippen molar-refractivity contribution in [3.05, 3.63) is 62.7 Å². The van der Waals surface area contributed by atoms with Crippen LogP contribution in [0.5, 0.6) is 11.5 Å². The van der Waals surface area contributed by atoms with E-state index in [0.29, 0.717) is 37.4 Å². The third-order valence-electron chi connectivity index (χ3n) is 10.2. The number of aliphatic hydroxyl groups is 1. The number of rotatable bonds is 4. The lowest BCUT2D eigenvalue weighted by atomic mass is 9.48. The van der Waals surface area contributed by atoms with Crippen LogP contribution < -0.4 is 4.74 Å². The number of amides is 2. The van der Waals surface area contributed by atoms with E-state index in [9.17, 15) is 29.9 Å². The highest BCUT2D eigenvalue weighted by Crippen LogP contribution is 2.66. The topological polar surface area (TPSA) is 133 Å². The zero-order valence-electron chi connectivity index (χ0n) is 20.6. The number of hydrogen-bond acceptors (Lipinski definition) is 8. The number of hydrogen-bond donors (Lipinski definition) is 2. The zero-order chi connectivity index (χ0) is 26.1. The first kappa shape index (κ1) is 22.5. The van der Waals surface area contributed by atoms with Crippen LogP contribution in [0.2, 0.25) is 0 Å². The van der Waals surface area contributed by atoms with Crippen molar-refractivity contribution in [1.29, 1.82) is 0 Å². The molecule has 2 unspecified atom stereocenters. The van der Waals surface area contributed by atoms with E-state index in [-0.39, 0.29) is 28.6 Å². The quantitative estimate of drug-likeness (QED) is 0.359. The van der Waals surface area contributed by atoms with E-state index in [4.69, 9.17) is 4.74 Å². The largest absolute Gasteiger partial charge is 0.504 e. The number of nitro groups is 1. The van der Waals surface area contributed by atoms with Gasteiger partial charge in [0, 0.05) is 30.3 Å². The Morgan fingerprint density at radius 2 is 1.87 bits per heavy atom. The monoisotopic (exact) mass is 517 g/mol. The molecule has 196 valence electrons. The molecule has 8 rings (SSSR count). The summed E-state index contributed by atoms with van der Waals surface area (Å²) < 4.78 is 6.50. The number of nitro benzene ring substituents is 1. The molecule has 2 saturated carbocycles. The Hall–Kier alpha value is -3.50. The van der Waals surface area contributed by atoms with Crippen molar-refractivity contribution in [2.24, 2.45) is 5.92 Å². The number of ether oxygens (including phenoxy) is 1. The number of piperidine rings is 1. The molecular weight excluding hydrogens is 490 g/mol. The van der Waals surface area contributed by atoms with Crippen LogP contribution in [0.1, 0.15) is 63.9 Å². The number of non-ortho nitro benzene ring substituents is 1. The molecular formula is C28H27N3O7. The number of phenolic OH excluding ortho intramolecular Hbond substituents is 1. The van der Waals surface area contributed by atoms with Crippen LogP contribution in [0, 0.1) is 16.0 Å². The summed E-state index contributed by atoms with van der Waals surface area (Å²) in [6, 6.07) is 6.48. The number of imide groups is 1. The number of aromatic hydroxyl groups is 1. The molecule has 6 aliphatic rings. The van der Waals surface area contributed by atoms with E-state index >= 15 is 0 Å². The van der Waals surface area contributed by atoms with Gasteiger partial charge in [-0.25, -0.2) is 0 Å². The number of fused-ring (bicyclic) bond motifs is 1. The SMILES string of the molecule is O=C1c2ccc([N+](=O)[O-])cc2C(=O)N1C1CC[C@@]2(O)[C@H]3Cc4ccc(O)c5c4[C@@]2(CCN3CC2CC2)C1O5. The average molecular weight is 518 g/mol. The second-order valence-corrected chi connectivity index (χ2v) is 11.9. The maximum Gasteiger partial charge on any atom is 0.270 e. The molecule has 2 bridgehead atoms. The summed E-state index contributed by atoms with van der Waals surface area (Å²) >= 11 is 0. The van der Waals surface area contributed by atoms with Crippen molar-refractivity contribution in [2.75, 3.05) is 13.1 Å². The summed E-state index contributed by atoms with van der Waals surface area (Å²) in [6.45, 7) is 1.72. The minimum absolute atomic E-state index is 0.00882. The molecule has 2 aromatic rings. The van der Waals surface area contributed by atoms with Gasteiger partial charge in [0.25, 0.3) is 17.5 Å². The summed E-state index contributed by atoms with van der Waals surface area (Å²) in [5.74, 6) is -0.0826. The average Bonchev–Trinajstić information content (AvgIpc) is 3.59. The van der Waals surface area contributed by atoms with Crippen molar-refractivity contribution >= 4 is 17.5 Å². The zero-order valence-corrected chi connectivity index (χ0v) is 20.6. The van der Waals surface area contributed by atoms with E-state index in [1.54, 1.807) is 6.07 Å². The molecule has 10 nitrogen and oxygen atoms in total. The highest BCUT2D eigenvalue weighted by Gasteiger charge is 2.74. The Kier molecular flexibility index (Phi) is 4.21. The van der Waals surface area contributed by atoms with E-state index in [2.05, 4.69) is 4.90 Å². The van der Waals surface area contributed by atoms with E-state index < -0.39 is 39.9 Å². The highest BCUT2D eigenvalue weighted by molar-refractivity contribution is 6.22. The van der Waals surface area contributed by atoms with Gasteiger partial charge in [0.15, 0.2) is 11.5 Å². The van der Waals surface area contributed by atoms with Crippen LogP contribution in [-0.4, -0.2) is 73.6 Å². The van der Waals surface area contributed by atoms with E-state index in [1.807, 2.05) is 6.07 Å². The van der Waals surface area contributed by atoms with Gasteiger partial charge >= 0.3 is 0 Å². The molecule has 3 heterocycles. The summed E-state index contributed by atoms with van der Waals surface area (Å²) in [5.41, 5.74) is -0.242. The summed E-state index contributed by atoms with van der Waals surface area (Å²) in [7, 11) is 0. The Morgan fingerprint density at radius 1 is 1.08 bits per heavy atom. The van der Waals surface area contributed by atoms with Crippen molar-refractivity contribution in [2.45, 2.75) is 67.7 Å². The normalized spacial score (nSPS) is 34.7. The molecule has 2 amide bonds. The number of phenols is 1. The molecule has 5 atom stereocenters. The van der Waals surface area contributed by atoms with Gasteiger partial charge in [-0.15, -0.1) is 0 Å². The number of nitrogens with zero attached hydrogens (tertiary/aromatic N) is 3. The van der Waals surface area contributed by atoms with Gasteiger partial charge < -0.3 is 14.9 Å². The molecule has 2 N–H and O–H groups in total. The van der Waals surface area contributed by atoms with Gasteiger partial charge in [-0.3, -0.25) is 29.5 Å². The number of benzene rings is 2. The van der Waals surface area contributed by atoms with Crippen LogP contribution in [0.4, 0.5) is 5.69 Å².